The first-order valence-electron chi connectivity index (χ1n) is 4.40. The van der Waals surface area contributed by atoms with E-state index in [0.29, 0.717) is 12.2 Å². The lowest BCUT2D eigenvalue weighted by Crippen LogP contribution is -2.47. The minimum Gasteiger partial charge on any atom is -0.315 e. The number of Topliss-reactive ketones (excluding diaryl/α,β-unsaturated/α-hetero) is 1. The van der Waals surface area contributed by atoms with Crippen LogP contribution in [0.15, 0.2) is 5.38 Å². The minimum absolute atomic E-state index is 0.240. The van der Waals surface area contributed by atoms with E-state index in [1.54, 1.807) is 11.3 Å². The van der Waals surface area contributed by atoms with E-state index < -0.39 is 0 Å². The van der Waals surface area contributed by atoms with E-state index in [0.717, 1.165) is 23.8 Å². The van der Waals surface area contributed by atoms with Crippen LogP contribution < -0.4 is 5.32 Å². The number of aryl methyl sites for hydroxylation is 1. The zero-order valence-corrected chi connectivity index (χ0v) is 8.36. The summed E-state index contributed by atoms with van der Waals surface area (Å²) in [5, 5.41) is 6.04. The van der Waals surface area contributed by atoms with Crippen LogP contribution in [-0.2, 0) is 11.2 Å². The number of hydrogen-bond donors (Lipinski definition) is 1. The van der Waals surface area contributed by atoms with Gasteiger partial charge in [0.1, 0.15) is 10.8 Å². The maximum absolute atomic E-state index is 11.5. The Morgan fingerprint density at radius 2 is 2.54 bits per heavy atom. The first kappa shape index (κ1) is 8.84. The summed E-state index contributed by atoms with van der Waals surface area (Å²) in [6.07, 6.45) is 0.519. The number of rotatable bonds is 3. The van der Waals surface area contributed by atoms with Crippen molar-refractivity contribution < 1.29 is 4.79 Å². The molecule has 0 amide bonds. The summed E-state index contributed by atoms with van der Waals surface area (Å²) < 4.78 is 0. The molecule has 0 bridgehead atoms. The third-order valence-corrected chi connectivity index (χ3v) is 3.20. The smallest absolute Gasteiger partial charge is 0.145 e. The van der Waals surface area contributed by atoms with Crippen LogP contribution >= 0.6 is 11.3 Å². The lowest BCUT2D eigenvalue weighted by atomic mass is 9.96. The molecule has 1 aromatic rings. The molecule has 1 saturated heterocycles. The quantitative estimate of drug-likeness (QED) is 0.777. The molecule has 0 radical (unpaired) electrons. The fourth-order valence-corrected chi connectivity index (χ4v) is 2.08. The lowest BCUT2D eigenvalue weighted by molar-refractivity contribution is -0.123. The van der Waals surface area contributed by atoms with Gasteiger partial charge in [0.25, 0.3) is 0 Å². The van der Waals surface area contributed by atoms with Gasteiger partial charge in [0, 0.05) is 30.1 Å². The Morgan fingerprint density at radius 1 is 1.77 bits per heavy atom. The highest BCUT2D eigenvalue weighted by Gasteiger charge is 2.25. The summed E-state index contributed by atoms with van der Waals surface area (Å²) in [6, 6.07) is 0. The van der Waals surface area contributed by atoms with Crippen molar-refractivity contribution in [1.29, 1.82) is 0 Å². The van der Waals surface area contributed by atoms with Crippen molar-refractivity contribution in [2.75, 3.05) is 13.1 Å². The van der Waals surface area contributed by atoms with Crippen molar-refractivity contribution in [2.24, 2.45) is 5.92 Å². The van der Waals surface area contributed by atoms with Gasteiger partial charge in [-0.2, -0.15) is 0 Å². The van der Waals surface area contributed by atoms with Crippen molar-refractivity contribution >= 4 is 17.1 Å². The van der Waals surface area contributed by atoms with Crippen molar-refractivity contribution in [3.8, 4) is 0 Å². The predicted molar refractivity (Wildman–Crippen MR) is 51.9 cm³/mol. The van der Waals surface area contributed by atoms with Crippen LogP contribution in [-0.4, -0.2) is 23.9 Å². The zero-order valence-electron chi connectivity index (χ0n) is 7.54. The van der Waals surface area contributed by atoms with E-state index in [1.807, 2.05) is 12.3 Å². The molecule has 70 valence electrons. The molecule has 0 aromatic carbocycles. The van der Waals surface area contributed by atoms with E-state index >= 15 is 0 Å². The predicted octanol–water partition coefficient (Wildman–Crippen LogP) is 0.783. The molecule has 0 atom stereocenters. The number of nitrogens with one attached hydrogen (secondary N) is 1. The van der Waals surface area contributed by atoms with Gasteiger partial charge in [-0.05, 0) is 6.92 Å². The van der Waals surface area contributed by atoms with E-state index in [-0.39, 0.29) is 5.92 Å². The van der Waals surface area contributed by atoms with Crippen LogP contribution in [0, 0.1) is 12.8 Å². The molecule has 1 aliphatic rings. The average molecular weight is 196 g/mol. The standard InChI is InChI=1S/C9H12N2OS/c1-6-5-13-9(11-6)2-8(12)7-3-10-4-7/h5,7,10H,2-4H2,1H3. The highest BCUT2D eigenvalue weighted by Crippen LogP contribution is 2.13. The molecule has 1 N–H and O–H groups in total. The Morgan fingerprint density at radius 3 is 3.00 bits per heavy atom. The molecule has 0 unspecified atom stereocenters. The topological polar surface area (TPSA) is 42.0 Å². The zero-order chi connectivity index (χ0) is 9.26. The Bertz CT molecular complexity index is 317. The molecular formula is C9H12N2OS. The Hall–Kier alpha value is -0.740. The summed E-state index contributed by atoms with van der Waals surface area (Å²) in [5.74, 6) is 0.567. The molecule has 0 aliphatic carbocycles. The first-order chi connectivity index (χ1) is 6.25. The molecule has 0 saturated carbocycles. The largest absolute Gasteiger partial charge is 0.315 e. The Kier molecular flexibility index (Phi) is 2.42. The summed E-state index contributed by atoms with van der Waals surface area (Å²) in [6.45, 7) is 3.65. The fourth-order valence-electron chi connectivity index (χ4n) is 1.29. The molecule has 3 nitrogen and oxygen atoms in total. The second-order valence-corrected chi connectivity index (χ2v) is 4.32. The van der Waals surface area contributed by atoms with E-state index in [1.165, 1.54) is 0 Å². The number of aromatic nitrogens is 1. The second kappa shape index (κ2) is 3.55. The van der Waals surface area contributed by atoms with Crippen molar-refractivity contribution in [3.05, 3.63) is 16.1 Å². The summed E-state index contributed by atoms with van der Waals surface area (Å²) in [4.78, 5) is 15.8. The molecule has 2 rings (SSSR count). The normalized spacial score (nSPS) is 17.0. The van der Waals surface area contributed by atoms with Crippen molar-refractivity contribution in [2.45, 2.75) is 13.3 Å². The molecular weight excluding hydrogens is 184 g/mol. The Balaban J connectivity index is 1.93. The van der Waals surface area contributed by atoms with E-state index in [2.05, 4.69) is 10.3 Å². The van der Waals surface area contributed by atoms with Crippen LogP contribution in [0.2, 0.25) is 0 Å². The number of ketones is 1. The van der Waals surface area contributed by atoms with Gasteiger partial charge in [-0.15, -0.1) is 11.3 Å². The van der Waals surface area contributed by atoms with Gasteiger partial charge >= 0.3 is 0 Å². The van der Waals surface area contributed by atoms with Crippen LogP contribution in [0.3, 0.4) is 0 Å². The van der Waals surface area contributed by atoms with Crippen LogP contribution in [0.25, 0.3) is 0 Å². The Labute approximate surface area is 81.2 Å². The second-order valence-electron chi connectivity index (χ2n) is 3.38. The number of carbonyl (C=O) groups excluding carboxylic acids is 1. The molecule has 1 fully saturated rings. The number of thiazole rings is 1. The summed E-state index contributed by atoms with van der Waals surface area (Å²) in [7, 11) is 0. The number of carbonyl (C=O) groups is 1. The molecule has 0 spiro atoms. The molecule has 2 heterocycles. The maximum Gasteiger partial charge on any atom is 0.145 e. The van der Waals surface area contributed by atoms with E-state index in [4.69, 9.17) is 0 Å². The third-order valence-electron chi connectivity index (χ3n) is 2.23. The van der Waals surface area contributed by atoms with Crippen molar-refractivity contribution in [1.82, 2.24) is 10.3 Å². The van der Waals surface area contributed by atoms with E-state index in [9.17, 15) is 4.79 Å². The van der Waals surface area contributed by atoms with Gasteiger partial charge in [0.2, 0.25) is 0 Å². The molecule has 13 heavy (non-hydrogen) atoms. The highest BCUT2D eigenvalue weighted by atomic mass is 32.1. The number of hydrogen-bond acceptors (Lipinski definition) is 4. The molecule has 1 aromatic heterocycles. The molecule has 4 heteroatoms. The van der Waals surface area contributed by atoms with Gasteiger partial charge < -0.3 is 5.32 Å². The highest BCUT2D eigenvalue weighted by molar-refractivity contribution is 7.09. The van der Waals surface area contributed by atoms with Crippen LogP contribution in [0.4, 0.5) is 0 Å². The monoisotopic (exact) mass is 196 g/mol. The minimum atomic E-state index is 0.240. The summed E-state index contributed by atoms with van der Waals surface area (Å²) in [5.41, 5.74) is 1.01. The first-order valence-corrected chi connectivity index (χ1v) is 5.28. The average Bonchev–Trinajstić information content (AvgIpc) is 2.31. The number of nitrogens with zero attached hydrogens (tertiary/aromatic N) is 1. The molecule has 1 aliphatic heterocycles. The lowest BCUT2D eigenvalue weighted by Gasteiger charge is -2.25. The summed E-state index contributed by atoms with van der Waals surface area (Å²) >= 11 is 1.58. The van der Waals surface area contributed by atoms with Gasteiger partial charge in [-0.3, -0.25) is 4.79 Å². The van der Waals surface area contributed by atoms with Gasteiger partial charge in [-0.25, -0.2) is 4.98 Å². The fraction of sp³-hybridized carbons (Fsp3) is 0.556. The third kappa shape index (κ3) is 1.95. The van der Waals surface area contributed by atoms with Gasteiger partial charge in [-0.1, -0.05) is 0 Å². The SMILES string of the molecule is Cc1csc(CC(=O)C2CNC2)n1. The maximum atomic E-state index is 11.5. The van der Waals surface area contributed by atoms with Crippen LogP contribution in [0.1, 0.15) is 10.7 Å². The van der Waals surface area contributed by atoms with Crippen LogP contribution in [0.5, 0.6) is 0 Å². The van der Waals surface area contributed by atoms with Gasteiger partial charge in [0.15, 0.2) is 0 Å². The van der Waals surface area contributed by atoms with Crippen molar-refractivity contribution in [3.63, 3.8) is 0 Å². The van der Waals surface area contributed by atoms with Gasteiger partial charge in [0.05, 0.1) is 6.42 Å².